The van der Waals surface area contributed by atoms with Gasteiger partial charge in [0.2, 0.25) is 0 Å². The van der Waals surface area contributed by atoms with Crippen LogP contribution in [0.4, 0.5) is 5.82 Å². The fourth-order valence-corrected chi connectivity index (χ4v) is 3.51. The summed E-state index contributed by atoms with van der Waals surface area (Å²) in [5, 5.41) is 22.7. The van der Waals surface area contributed by atoms with Crippen LogP contribution < -0.4 is 10.2 Å². The molecule has 0 bridgehead atoms. The van der Waals surface area contributed by atoms with Gasteiger partial charge in [-0.2, -0.15) is 10.5 Å². The first-order valence-corrected chi connectivity index (χ1v) is 7.97. The number of piperazine rings is 1. The summed E-state index contributed by atoms with van der Waals surface area (Å²) in [6.45, 7) is 5.78. The molecule has 114 valence electrons. The number of hydrogen-bond donors (Lipinski definition) is 1. The maximum absolute atomic E-state index is 9.66. The van der Waals surface area contributed by atoms with Crippen molar-refractivity contribution in [3.8, 4) is 12.1 Å². The molecule has 3 rings (SSSR count). The largest absolute Gasteiger partial charge is 0.352 e. The summed E-state index contributed by atoms with van der Waals surface area (Å²) in [7, 11) is 0. The second-order valence-corrected chi connectivity index (χ2v) is 6.62. The molecule has 0 radical (unpaired) electrons. The van der Waals surface area contributed by atoms with Gasteiger partial charge in [-0.1, -0.05) is 11.6 Å². The van der Waals surface area contributed by atoms with E-state index in [9.17, 15) is 10.5 Å². The first kappa shape index (κ1) is 15.1. The summed E-state index contributed by atoms with van der Waals surface area (Å²) in [5.74, 6) is 0.912. The molecule has 2 aliphatic rings. The first-order chi connectivity index (χ1) is 10.5. The Kier molecular flexibility index (Phi) is 3.95. The molecule has 6 heteroatoms. The van der Waals surface area contributed by atoms with Crippen molar-refractivity contribution in [2.45, 2.75) is 44.7 Å². The van der Waals surface area contributed by atoms with Crippen LogP contribution in [0.25, 0.3) is 0 Å². The fourth-order valence-electron chi connectivity index (χ4n) is 3.29. The molecule has 2 atom stereocenters. The molecule has 5 nitrogen and oxygen atoms in total. The zero-order valence-corrected chi connectivity index (χ0v) is 13.5. The number of nitriles is 2. The van der Waals surface area contributed by atoms with Gasteiger partial charge in [0.05, 0.1) is 11.1 Å². The van der Waals surface area contributed by atoms with Crippen LogP contribution in [-0.4, -0.2) is 30.2 Å². The first-order valence-electron chi connectivity index (χ1n) is 7.59. The smallest absolute Gasteiger partial charge is 0.149 e. The summed E-state index contributed by atoms with van der Waals surface area (Å²) >= 11 is 6.24. The number of anilines is 1. The second kappa shape index (κ2) is 5.76. The highest BCUT2D eigenvalue weighted by molar-refractivity contribution is 6.30. The SMILES string of the molecule is CC1CN(c2nc(Cl)c(C#N)c(C3CC3)c2C#N)CC(C)N1. The van der Waals surface area contributed by atoms with Crippen LogP contribution in [0.3, 0.4) is 0 Å². The van der Waals surface area contributed by atoms with Gasteiger partial charge in [-0.05, 0) is 38.2 Å². The van der Waals surface area contributed by atoms with E-state index >= 15 is 0 Å². The fraction of sp³-hybridized carbons (Fsp3) is 0.562. The minimum absolute atomic E-state index is 0.220. The van der Waals surface area contributed by atoms with Crippen LogP contribution in [0.15, 0.2) is 0 Å². The lowest BCUT2D eigenvalue weighted by molar-refractivity contribution is 0.405. The molecule has 1 saturated carbocycles. The van der Waals surface area contributed by atoms with E-state index in [4.69, 9.17) is 11.6 Å². The molecule has 2 heterocycles. The molecule has 22 heavy (non-hydrogen) atoms. The highest BCUT2D eigenvalue weighted by Gasteiger charge is 2.34. The van der Waals surface area contributed by atoms with Crippen molar-refractivity contribution in [2.75, 3.05) is 18.0 Å². The highest BCUT2D eigenvalue weighted by atomic mass is 35.5. The van der Waals surface area contributed by atoms with Crippen LogP contribution in [0.1, 0.15) is 49.3 Å². The number of rotatable bonds is 2. The van der Waals surface area contributed by atoms with E-state index < -0.39 is 0 Å². The Bertz CT molecular complexity index is 673. The van der Waals surface area contributed by atoms with E-state index in [0.717, 1.165) is 31.5 Å². The van der Waals surface area contributed by atoms with Crippen molar-refractivity contribution in [1.29, 1.82) is 10.5 Å². The van der Waals surface area contributed by atoms with Crippen molar-refractivity contribution in [3.63, 3.8) is 0 Å². The minimum atomic E-state index is 0.220. The number of pyridine rings is 1. The number of hydrogen-bond acceptors (Lipinski definition) is 5. The Morgan fingerprint density at radius 3 is 2.23 bits per heavy atom. The number of nitrogens with one attached hydrogen (secondary N) is 1. The molecule has 1 aromatic heterocycles. The molecule has 2 unspecified atom stereocenters. The van der Waals surface area contributed by atoms with E-state index in [1.165, 1.54) is 0 Å². The van der Waals surface area contributed by atoms with E-state index in [1.807, 2.05) is 0 Å². The zero-order chi connectivity index (χ0) is 15.9. The second-order valence-electron chi connectivity index (χ2n) is 6.26. The van der Waals surface area contributed by atoms with Gasteiger partial charge in [0.15, 0.2) is 0 Å². The lowest BCUT2D eigenvalue weighted by Crippen LogP contribution is -2.54. The van der Waals surface area contributed by atoms with Crippen molar-refractivity contribution < 1.29 is 0 Å². The molecule has 0 amide bonds. The third kappa shape index (κ3) is 2.63. The molecule has 0 aromatic carbocycles. The van der Waals surface area contributed by atoms with Crippen molar-refractivity contribution in [2.24, 2.45) is 0 Å². The Morgan fingerprint density at radius 1 is 1.14 bits per heavy atom. The summed E-state index contributed by atoms with van der Waals surface area (Å²) in [5.41, 5.74) is 1.71. The molecule has 1 aromatic rings. The van der Waals surface area contributed by atoms with Crippen molar-refractivity contribution in [3.05, 3.63) is 21.8 Å². The third-order valence-electron chi connectivity index (χ3n) is 4.24. The molecule has 1 N–H and O–H groups in total. The molecule has 1 saturated heterocycles. The maximum atomic E-state index is 9.66. The number of aromatic nitrogens is 1. The maximum Gasteiger partial charge on any atom is 0.149 e. The van der Waals surface area contributed by atoms with Crippen LogP contribution in [-0.2, 0) is 0 Å². The Morgan fingerprint density at radius 2 is 1.73 bits per heavy atom. The van der Waals surface area contributed by atoms with Gasteiger partial charge in [0, 0.05) is 25.2 Å². The minimum Gasteiger partial charge on any atom is -0.352 e. The summed E-state index contributed by atoms with van der Waals surface area (Å²) in [4.78, 5) is 6.51. The normalized spacial score (nSPS) is 24.7. The lowest BCUT2D eigenvalue weighted by Gasteiger charge is -2.37. The van der Waals surface area contributed by atoms with E-state index in [2.05, 4.69) is 41.2 Å². The van der Waals surface area contributed by atoms with Gasteiger partial charge in [-0.25, -0.2) is 4.98 Å². The number of halogens is 1. The molecule has 2 fully saturated rings. The Hall–Kier alpha value is -1.82. The summed E-state index contributed by atoms with van der Waals surface area (Å²) in [6, 6.07) is 5.04. The predicted molar refractivity (Wildman–Crippen MR) is 84.9 cm³/mol. The summed E-state index contributed by atoms with van der Waals surface area (Å²) in [6.07, 6.45) is 2.02. The lowest BCUT2D eigenvalue weighted by atomic mass is 9.99. The molecule has 0 spiro atoms. The van der Waals surface area contributed by atoms with Crippen LogP contribution in [0, 0.1) is 22.7 Å². The number of nitrogens with zero attached hydrogens (tertiary/aromatic N) is 4. The molecular formula is C16H18ClN5. The van der Waals surface area contributed by atoms with E-state index in [-0.39, 0.29) is 11.1 Å². The average molecular weight is 316 g/mol. The standard InChI is InChI=1S/C16H18ClN5/c1-9-7-22(8-10(2)20-9)16-13(6-19)14(11-3-4-11)12(5-18)15(17)21-16/h9-11,20H,3-4,7-8H2,1-2H3. The van der Waals surface area contributed by atoms with Crippen molar-refractivity contribution in [1.82, 2.24) is 10.3 Å². The molecule has 1 aliphatic heterocycles. The quantitative estimate of drug-likeness (QED) is 0.849. The zero-order valence-electron chi connectivity index (χ0n) is 12.7. The van der Waals surface area contributed by atoms with Crippen LogP contribution in [0.2, 0.25) is 5.15 Å². The van der Waals surface area contributed by atoms with Gasteiger partial charge in [0.1, 0.15) is 23.1 Å². The molecular weight excluding hydrogens is 298 g/mol. The van der Waals surface area contributed by atoms with Gasteiger partial charge < -0.3 is 10.2 Å². The monoisotopic (exact) mass is 315 g/mol. The third-order valence-corrected chi connectivity index (χ3v) is 4.51. The van der Waals surface area contributed by atoms with E-state index in [1.54, 1.807) is 0 Å². The molecule has 1 aliphatic carbocycles. The Balaban J connectivity index is 2.12. The van der Waals surface area contributed by atoms with Crippen LogP contribution in [0.5, 0.6) is 0 Å². The van der Waals surface area contributed by atoms with E-state index in [0.29, 0.717) is 29.0 Å². The van der Waals surface area contributed by atoms with Gasteiger partial charge in [-0.3, -0.25) is 0 Å². The van der Waals surface area contributed by atoms with Crippen LogP contribution >= 0.6 is 11.6 Å². The topological polar surface area (TPSA) is 75.7 Å². The van der Waals surface area contributed by atoms with Gasteiger partial charge in [-0.15, -0.1) is 0 Å². The van der Waals surface area contributed by atoms with Gasteiger partial charge >= 0.3 is 0 Å². The average Bonchev–Trinajstić information content (AvgIpc) is 3.29. The highest BCUT2D eigenvalue weighted by Crippen LogP contribution is 2.46. The summed E-state index contributed by atoms with van der Waals surface area (Å²) < 4.78 is 0. The Labute approximate surface area is 135 Å². The van der Waals surface area contributed by atoms with Gasteiger partial charge in [0.25, 0.3) is 0 Å². The predicted octanol–water partition coefficient (Wildman–Crippen LogP) is 2.54. The van der Waals surface area contributed by atoms with Crippen molar-refractivity contribution >= 4 is 17.4 Å².